The molecular weight excluding hydrogens is 250 g/mol. The fourth-order valence-electron chi connectivity index (χ4n) is 2.04. The Balaban J connectivity index is 2.64. The molecule has 1 unspecified atom stereocenters. The van der Waals surface area contributed by atoms with Crippen LogP contribution in [0.5, 0.6) is 0 Å². The Morgan fingerprint density at radius 2 is 1.95 bits per heavy atom. The van der Waals surface area contributed by atoms with Crippen LogP contribution in [0.3, 0.4) is 0 Å². The van der Waals surface area contributed by atoms with Gasteiger partial charge in [0.25, 0.3) is 0 Å². The number of nitrogens with zero attached hydrogens (tertiary/aromatic N) is 1. The molecule has 0 radical (unpaired) electrons. The van der Waals surface area contributed by atoms with Crippen LogP contribution in [0, 0.1) is 11.3 Å². The normalized spacial score (nSPS) is 21.0. The van der Waals surface area contributed by atoms with E-state index in [0.717, 1.165) is 0 Å². The lowest BCUT2D eigenvalue weighted by Gasteiger charge is -2.29. The van der Waals surface area contributed by atoms with E-state index in [9.17, 15) is 14.4 Å². The lowest BCUT2D eigenvalue weighted by molar-refractivity contribution is -0.142. The Kier molecular flexibility index (Phi) is 4.39. The number of rotatable bonds is 3. The second-order valence-electron chi connectivity index (χ2n) is 5.92. The second-order valence-corrected chi connectivity index (χ2v) is 5.92. The zero-order valence-corrected chi connectivity index (χ0v) is 11.5. The molecule has 0 aromatic carbocycles. The molecule has 2 atom stereocenters. The Hall–Kier alpha value is -1.79. The van der Waals surface area contributed by atoms with Crippen LogP contribution in [0.15, 0.2) is 0 Å². The minimum Gasteiger partial charge on any atom is -0.480 e. The van der Waals surface area contributed by atoms with Crippen LogP contribution in [-0.2, 0) is 9.59 Å². The molecular formula is C12H21N3O4. The van der Waals surface area contributed by atoms with Gasteiger partial charge in [-0.1, -0.05) is 20.8 Å². The number of carbonyl (C=O) groups excluding carboxylic acids is 2. The van der Waals surface area contributed by atoms with Gasteiger partial charge in [0.2, 0.25) is 5.91 Å². The molecule has 0 aromatic rings. The molecule has 0 spiro atoms. The van der Waals surface area contributed by atoms with Crippen molar-refractivity contribution in [2.75, 3.05) is 13.1 Å². The summed E-state index contributed by atoms with van der Waals surface area (Å²) < 4.78 is 0. The number of nitrogens with one attached hydrogen (secondary N) is 1. The maximum absolute atomic E-state index is 12.0. The van der Waals surface area contributed by atoms with Crippen molar-refractivity contribution < 1.29 is 19.5 Å². The minimum absolute atomic E-state index is 0.248. The molecule has 1 fully saturated rings. The molecule has 3 amide bonds. The summed E-state index contributed by atoms with van der Waals surface area (Å²) in [6.45, 7) is 5.88. The molecule has 19 heavy (non-hydrogen) atoms. The summed E-state index contributed by atoms with van der Waals surface area (Å²) in [5.74, 6) is -1.85. The van der Waals surface area contributed by atoms with E-state index in [0.29, 0.717) is 13.0 Å². The van der Waals surface area contributed by atoms with Crippen LogP contribution < -0.4 is 11.1 Å². The number of hydrogen-bond acceptors (Lipinski definition) is 3. The predicted molar refractivity (Wildman–Crippen MR) is 68.3 cm³/mol. The highest BCUT2D eigenvalue weighted by Gasteiger charge is 2.36. The molecule has 7 heteroatoms. The quantitative estimate of drug-likeness (QED) is 0.670. The molecule has 0 saturated carbocycles. The van der Waals surface area contributed by atoms with E-state index >= 15 is 0 Å². The summed E-state index contributed by atoms with van der Waals surface area (Å²) in [5.41, 5.74) is 4.59. The van der Waals surface area contributed by atoms with Gasteiger partial charge in [-0.15, -0.1) is 0 Å². The lowest BCUT2D eigenvalue weighted by Crippen LogP contribution is -2.53. The van der Waals surface area contributed by atoms with Crippen molar-refractivity contribution in [1.29, 1.82) is 0 Å². The number of hydrogen-bond donors (Lipinski definition) is 3. The van der Waals surface area contributed by atoms with Gasteiger partial charge in [0.15, 0.2) is 0 Å². The Morgan fingerprint density at radius 1 is 1.37 bits per heavy atom. The van der Waals surface area contributed by atoms with E-state index in [2.05, 4.69) is 5.32 Å². The van der Waals surface area contributed by atoms with Gasteiger partial charge in [-0.25, -0.2) is 9.59 Å². The van der Waals surface area contributed by atoms with E-state index in [1.165, 1.54) is 4.90 Å². The van der Waals surface area contributed by atoms with Crippen molar-refractivity contribution in [3.05, 3.63) is 0 Å². The number of amides is 3. The summed E-state index contributed by atoms with van der Waals surface area (Å²) in [7, 11) is 0. The van der Waals surface area contributed by atoms with Crippen LogP contribution in [0.25, 0.3) is 0 Å². The molecule has 1 rings (SSSR count). The fraction of sp³-hybridized carbons (Fsp3) is 0.750. The third-order valence-corrected chi connectivity index (χ3v) is 3.26. The maximum Gasteiger partial charge on any atom is 0.326 e. The monoisotopic (exact) mass is 271 g/mol. The van der Waals surface area contributed by atoms with Gasteiger partial charge in [0, 0.05) is 13.1 Å². The summed E-state index contributed by atoms with van der Waals surface area (Å²) in [5, 5.41) is 11.6. The SMILES string of the molecule is CC(C)(C)[C@H](NC(=O)N1CCC(C(N)=O)C1)C(=O)O. The highest BCUT2D eigenvalue weighted by atomic mass is 16.4. The van der Waals surface area contributed by atoms with Crippen molar-refractivity contribution in [2.24, 2.45) is 17.1 Å². The van der Waals surface area contributed by atoms with Crippen LogP contribution in [-0.4, -0.2) is 47.0 Å². The molecule has 1 heterocycles. The van der Waals surface area contributed by atoms with Gasteiger partial charge in [0.05, 0.1) is 5.92 Å². The van der Waals surface area contributed by atoms with Gasteiger partial charge >= 0.3 is 12.0 Å². The van der Waals surface area contributed by atoms with Crippen molar-refractivity contribution in [3.63, 3.8) is 0 Å². The minimum atomic E-state index is -1.08. The molecule has 0 aliphatic carbocycles. The lowest BCUT2D eigenvalue weighted by atomic mass is 9.87. The highest BCUT2D eigenvalue weighted by molar-refractivity contribution is 5.84. The molecule has 1 saturated heterocycles. The van der Waals surface area contributed by atoms with E-state index in [1.54, 1.807) is 20.8 Å². The fourth-order valence-corrected chi connectivity index (χ4v) is 2.04. The van der Waals surface area contributed by atoms with Crippen LogP contribution in [0.2, 0.25) is 0 Å². The average molecular weight is 271 g/mol. The largest absolute Gasteiger partial charge is 0.480 e. The maximum atomic E-state index is 12.0. The number of carbonyl (C=O) groups is 3. The van der Waals surface area contributed by atoms with E-state index in [-0.39, 0.29) is 12.5 Å². The van der Waals surface area contributed by atoms with Crippen molar-refractivity contribution in [3.8, 4) is 0 Å². The molecule has 4 N–H and O–H groups in total. The Bertz CT molecular complexity index is 389. The molecule has 108 valence electrons. The van der Waals surface area contributed by atoms with E-state index in [4.69, 9.17) is 10.8 Å². The first-order valence-electron chi connectivity index (χ1n) is 6.20. The van der Waals surface area contributed by atoms with Gasteiger partial charge in [-0.3, -0.25) is 4.79 Å². The molecule has 1 aliphatic heterocycles. The van der Waals surface area contributed by atoms with Gasteiger partial charge in [-0.2, -0.15) is 0 Å². The van der Waals surface area contributed by atoms with Crippen molar-refractivity contribution in [2.45, 2.75) is 33.2 Å². The average Bonchev–Trinajstić information content (AvgIpc) is 2.72. The number of nitrogens with two attached hydrogens (primary N) is 1. The number of urea groups is 1. The zero-order chi connectivity index (χ0) is 14.8. The molecule has 0 aromatic heterocycles. The van der Waals surface area contributed by atoms with Gasteiger partial charge < -0.3 is 21.1 Å². The third-order valence-electron chi connectivity index (χ3n) is 3.26. The van der Waals surface area contributed by atoms with Crippen LogP contribution >= 0.6 is 0 Å². The summed E-state index contributed by atoms with van der Waals surface area (Å²) in [6.07, 6.45) is 0.524. The van der Waals surface area contributed by atoms with Crippen LogP contribution in [0.1, 0.15) is 27.2 Å². The molecule has 0 bridgehead atoms. The number of primary amides is 1. The van der Waals surface area contributed by atoms with E-state index in [1.807, 2.05) is 0 Å². The predicted octanol–water partition coefficient (Wildman–Crippen LogP) is 0.00250. The van der Waals surface area contributed by atoms with Crippen LogP contribution in [0.4, 0.5) is 4.79 Å². The number of aliphatic carboxylic acids is 1. The first kappa shape index (κ1) is 15.3. The first-order chi connectivity index (χ1) is 8.62. The topological polar surface area (TPSA) is 113 Å². The smallest absolute Gasteiger partial charge is 0.326 e. The number of carboxylic acids is 1. The summed E-state index contributed by atoms with van der Waals surface area (Å²) >= 11 is 0. The Labute approximate surface area is 112 Å². The third kappa shape index (κ3) is 3.84. The highest BCUT2D eigenvalue weighted by Crippen LogP contribution is 2.21. The standard InChI is InChI=1S/C12H21N3O4/c1-12(2,3)8(10(17)18)14-11(19)15-5-4-7(6-15)9(13)16/h7-8H,4-6H2,1-3H3,(H2,13,16)(H,14,19)(H,17,18)/t7?,8-/m1/s1. The van der Waals surface area contributed by atoms with Crippen molar-refractivity contribution >= 4 is 17.9 Å². The molecule has 7 nitrogen and oxygen atoms in total. The van der Waals surface area contributed by atoms with Gasteiger partial charge in [0.1, 0.15) is 6.04 Å². The molecule has 1 aliphatic rings. The summed E-state index contributed by atoms with van der Waals surface area (Å²) in [6, 6.07) is -1.45. The first-order valence-corrected chi connectivity index (χ1v) is 6.20. The van der Waals surface area contributed by atoms with E-state index < -0.39 is 29.4 Å². The van der Waals surface area contributed by atoms with Gasteiger partial charge in [-0.05, 0) is 11.8 Å². The second kappa shape index (κ2) is 5.46. The number of likely N-dealkylation sites (tertiary alicyclic amines) is 1. The Morgan fingerprint density at radius 3 is 2.32 bits per heavy atom. The van der Waals surface area contributed by atoms with Crippen molar-refractivity contribution in [1.82, 2.24) is 10.2 Å². The summed E-state index contributed by atoms with van der Waals surface area (Å²) in [4.78, 5) is 35.6. The zero-order valence-electron chi connectivity index (χ0n) is 11.5. The number of carboxylic acid groups (broad SMARTS) is 1.